The molecule has 0 bridgehead atoms. The lowest BCUT2D eigenvalue weighted by Crippen LogP contribution is -2.15. The fourth-order valence-electron chi connectivity index (χ4n) is 1.51. The Labute approximate surface area is 105 Å². The maximum atomic E-state index is 11.7. The normalized spacial score (nSPS) is 12.6. The average Bonchev–Trinajstić information content (AvgIpc) is 2.28. The maximum absolute atomic E-state index is 11.7. The minimum Gasteiger partial charge on any atom is -0.475 e. The fourth-order valence-corrected chi connectivity index (χ4v) is 1.79. The molecule has 0 radical (unpaired) electrons. The summed E-state index contributed by atoms with van der Waals surface area (Å²) in [4.78, 5) is 28.7. The van der Waals surface area contributed by atoms with Gasteiger partial charge in [-0.25, -0.2) is 9.78 Å². The molecule has 0 saturated carbocycles. The SMILES string of the molecule is CC(Br)c1ccc2nc(C(=O)O)[nH]c(=O)c2c1. The van der Waals surface area contributed by atoms with Crippen molar-refractivity contribution >= 4 is 32.8 Å². The molecule has 6 heteroatoms. The van der Waals surface area contributed by atoms with Gasteiger partial charge >= 0.3 is 5.97 Å². The number of nitrogens with one attached hydrogen (secondary N) is 1. The lowest BCUT2D eigenvalue weighted by atomic mass is 10.1. The third-order valence-electron chi connectivity index (χ3n) is 2.39. The van der Waals surface area contributed by atoms with E-state index >= 15 is 0 Å². The Bertz CT molecular complexity index is 649. The van der Waals surface area contributed by atoms with E-state index in [2.05, 4.69) is 25.9 Å². The molecular weight excluding hydrogens is 288 g/mol. The van der Waals surface area contributed by atoms with Gasteiger partial charge in [-0.15, -0.1) is 0 Å². The molecule has 2 rings (SSSR count). The number of aromatic nitrogens is 2. The number of fused-ring (bicyclic) bond motifs is 1. The zero-order chi connectivity index (χ0) is 12.6. The number of carboxylic acids is 1. The van der Waals surface area contributed by atoms with Crippen molar-refractivity contribution < 1.29 is 9.90 Å². The summed E-state index contributed by atoms with van der Waals surface area (Å²) in [5.74, 6) is -1.59. The highest BCUT2D eigenvalue weighted by Crippen LogP contribution is 2.23. The molecule has 0 aliphatic heterocycles. The van der Waals surface area contributed by atoms with Crippen LogP contribution in [0.2, 0.25) is 0 Å². The minimum absolute atomic E-state index is 0.116. The Morgan fingerprint density at radius 2 is 2.24 bits per heavy atom. The molecule has 1 atom stereocenters. The number of rotatable bonds is 2. The molecule has 2 N–H and O–H groups in total. The first kappa shape index (κ1) is 11.8. The number of carbonyl (C=O) groups is 1. The van der Waals surface area contributed by atoms with E-state index in [9.17, 15) is 9.59 Å². The number of carboxylic acid groups (broad SMARTS) is 1. The van der Waals surface area contributed by atoms with Crippen LogP contribution < -0.4 is 5.56 Å². The van der Waals surface area contributed by atoms with Gasteiger partial charge in [0.25, 0.3) is 5.56 Å². The summed E-state index contributed by atoms with van der Waals surface area (Å²) in [5, 5.41) is 9.16. The number of aromatic carboxylic acids is 1. The van der Waals surface area contributed by atoms with Crippen LogP contribution in [-0.2, 0) is 0 Å². The number of hydrogen-bond donors (Lipinski definition) is 2. The van der Waals surface area contributed by atoms with Crippen molar-refractivity contribution in [1.82, 2.24) is 9.97 Å². The molecule has 1 heterocycles. The number of hydrogen-bond acceptors (Lipinski definition) is 3. The Morgan fingerprint density at radius 3 is 2.82 bits per heavy atom. The van der Waals surface area contributed by atoms with Gasteiger partial charge in [0, 0.05) is 4.83 Å². The molecule has 1 aromatic heterocycles. The van der Waals surface area contributed by atoms with E-state index in [0.717, 1.165) is 5.56 Å². The van der Waals surface area contributed by atoms with Gasteiger partial charge in [-0.3, -0.25) is 4.79 Å². The highest BCUT2D eigenvalue weighted by atomic mass is 79.9. The first-order valence-corrected chi connectivity index (χ1v) is 5.82. The first-order valence-electron chi connectivity index (χ1n) is 4.90. The van der Waals surface area contributed by atoms with Crippen LogP contribution in [0.25, 0.3) is 10.9 Å². The van der Waals surface area contributed by atoms with Crippen molar-refractivity contribution in [2.75, 3.05) is 0 Å². The molecule has 1 aromatic carbocycles. The second-order valence-corrected chi connectivity index (χ2v) is 4.99. The number of H-pyrrole nitrogens is 1. The minimum atomic E-state index is -1.25. The predicted molar refractivity (Wildman–Crippen MR) is 66.7 cm³/mol. The number of nitrogens with zero attached hydrogens (tertiary/aromatic N) is 1. The van der Waals surface area contributed by atoms with Gasteiger partial charge in [-0.1, -0.05) is 22.0 Å². The lowest BCUT2D eigenvalue weighted by Gasteiger charge is -2.05. The molecule has 1 unspecified atom stereocenters. The monoisotopic (exact) mass is 296 g/mol. The van der Waals surface area contributed by atoms with Crippen molar-refractivity contribution in [1.29, 1.82) is 0 Å². The van der Waals surface area contributed by atoms with E-state index in [-0.39, 0.29) is 10.7 Å². The Kier molecular flexibility index (Phi) is 2.97. The largest absolute Gasteiger partial charge is 0.475 e. The van der Waals surface area contributed by atoms with Crippen LogP contribution in [0.4, 0.5) is 0 Å². The van der Waals surface area contributed by atoms with Crippen molar-refractivity contribution in [3.63, 3.8) is 0 Å². The summed E-state index contributed by atoms with van der Waals surface area (Å²) in [7, 11) is 0. The molecule has 0 aliphatic rings. The van der Waals surface area contributed by atoms with Gasteiger partial charge in [0.2, 0.25) is 5.82 Å². The molecular formula is C11H9BrN2O3. The zero-order valence-corrected chi connectivity index (χ0v) is 10.5. The van der Waals surface area contributed by atoms with Crippen LogP contribution in [-0.4, -0.2) is 21.0 Å². The third-order valence-corrected chi connectivity index (χ3v) is 2.92. The summed E-state index contributed by atoms with van der Waals surface area (Å²) in [6.45, 7) is 1.94. The summed E-state index contributed by atoms with van der Waals surface area (Å²) >= 11 is 3.40. The third kappa shape index (κ3) is 2.21. The van der Waals surface area contributed by atoms with E-state index in [1.807, 2.05) is 6.92 Å². The molecule has 0 saturated heterocycles. The zero-order valence-electron chi connectivity index (χ0n) is 8.90. The summed E-state index contributed by atoms with van der Waals surface area (Å²) < 4.78 is 0. The van der Waals surface area contributed by atoms with Gasteiger partial charge in [0.15, 0.2) is 0 Å². The predicted octanol–water partition coefficient (Wildman–Crippen LogP) is 2.08. The number of halogens is 1. The number of aromatic amines is 1. The van der Waals surface area contributed by atoms with Crippen LogP contribution in [0.15, 0.2) is 23.0 Å². The Balaban J connectivity index is 2.73. The van der Waals surface area contributed by atoms with Gasteiger partial charge in [0.05, 0.1) is 10.9 Å². The average molecular weight is 297 g/mol. The molecule has 0 spiro atoms. The van der Waals surface area contributed by atoms with Crippen LogP contribution >= 0.6 is 15.9 Å². The lowest BCUT2D eigenvalue weighted by molar-refractivity contribution is 0.0683. The fraction of sp³-hybridized carbons (Fsp3) is 0.182. The quantitative estimate of drug-likeness (QED) is 0.831. The van der Waals surface area contributed by atoms with E-state index in [0.29, 0.717) is 10.9 Å². The van der Waals surface area contributed by atoms with E-state index < -0.39 is 11.5 Å². The molecule has 17 heavy (non-hydrogen) atoms. The van der Waals surface area contributed by atoms with Crippen molar-refractivity contribution in [3.8, 4) is 0 Å². The Hall–Kier alpha value is -1.69. The Morgan fingerprint density at radius 1 is 1.53 bits per heavy atom. The van der Waals surface area contributed by atoms with Gasteiger partial charge < -0.3 is 10.1 Å². The van der Waals surface area contributed by atoms with Crippen molar-refractivity contribution in [2.45, 2.75) is 11.8 Å². The number of alkyl halides is 1. The van der Waals surface area contributed by atoms with E-state index in [1.165, 1.54) is 0 Å². The van der Waals surface area contributed by atoms with Crippen molar-refractivity contribution in [3.05, 3.63) is 39.9 Å². The van der Waals surface area contributed by atoms with Crippen LogP contribution in [0.1, 0.15) is 27.9 Å². The van der Waals surface area contributed by atoms with Gasteiger partial charge in [-0.05, 0) is 24.6 Å². The molecule has 88 valence electrons. The van der Waals surface area contributed by atoms with Crippen LogP contribution in [0.3, 0.4) is 0 Å². The highest BCUT2D eigenvalue weighted by molar-refractivity contribution is 9.09. The second kappa shape index (κ2) is 4.29. The van der Waals surface area contributed by atoms with E-state index in [4.69, 9.17) is 5.11 Å². The molecule has 0 aliphatic carbocycles. The number of benzene rings is 1. The molecule has 0 amide bonds. The summed E-state index contributed by atoms with van der Waals surface area (Å²) in [6, 6.07) is 5.15. The highest BCUT2D eigenvalue weighted by Gasteiger charge is 2.10. The van der Waals surface area contributed by atoms with E-state index in [1.54, 1.807) is 18.2 Å². The van der Waals surface area contributed by atoms with Gasteiger partial charge in [0.1, 0.15) is 0 Å². The topological polar surface area (TPSA) is 83.0 Å². The molecule has 0 fully saturated rings. The van der Waals surface area contributed by atoms with Crippen molar-refractivity contribution in [2.24, 2.45) is 0 Å². The standard InChI is InChI=1S/C11H9BrN2O3/c1-5(12)6-2-3-8-7(4-6)10(15)14-9(13-8)11(16)17/h2-5H,1H3,(H,16,17)(H,13,14,15). The summed E-state index contributed by atoms with van der Waals surface area (Å²) in [6.07, 6.45) is 0. The first-order chi connectivity index (χ1) is 7.99. The second-order valence-electron chi connectivity index (χ2n) is 3.61. The maximum Gasteiger partial charge on any atom is 0.372 e. The van der Waals surface area contributed by atoms with Crippen LogP contribution in [0, 0.1) is 0 Å². The van der Waals surface area contributed by atoms with Gasteiger partial charge in [-0.2, -0.15) is 0 Å². The summed E-state index contributed by atoms with van der Waals surface area (Å²) in [5.41, 5.74) is 0.873. The smallest absolute Gasteiger partial charge is 0.372 e. The van der Waals surface area contributed by atoms with Crippen LogP contribution in [0.5, 0.6) is 0 Å². The molecule has 5 nitrogen and oxygen atoms in total. The molecule has 2 aromatic rings.